The summed E-state index contributed by atoms with van der Waals surface area (Å²) in [4.78, 5) is 6.48. The highest BCUT2D eigenvalue weighted by Crippen LogP contribution is 2.06. The molecule has 0 atom stereocenters. The second-order valence-corrected chi connectivity index (χ2v) is 3.84. The number of nitrogens with one attached hydrogen (secondary N) is 1. The first-order valence-corrected chi connectivity index (χ1v) is 5.81. The molecule has 6 heteroatoms. The lowest BCUT2D eigenvalue weighted by Crippen LogP contribution is -2.28. The third kappa shape index (κ3) is 5.10. The van der Waals surface area contributed by atoms with Crippen molar-refractivity contribution in [2.45, 2.75) is 13.0 Å². The van der Waals surface area contributed by atoms with E-state index in [2.05, 4.69) is 21.4 Å². The lowest BCUT2D eigenvalue weighted by Gasteiger charge is -2.20. The van der Waals surface area contributed by atoms with E-state index in [-0.39, 0.29) is 0 Å². The summed E-state index contributed by atoms with van der Waals surface area (Å²) in [5, 5.41) is 8.64. The number of anilines is 1. The molecule has 18 heavy (non-hydrogen) atoms. The van der Waals surface area contributed by atoms with Crippen LogP contribution in [-0.2, 0) is 11.3 Å². The van der Waals surface area contributed by atoms with Gasteiger partial charge >= 0.3 is 0 Å². The Morgan fingerprint density at radius 1 is 1.50 bits per heavy atom. The Hall–Kier alpha value is -1.68. The van der Waals surface area contributed by atoms with Gasteiger partial charge < -0.3 is 10.2 Å². The van der Waals surface area contributed by atoms with Crippen molar-refractivity contribution in [3.05, 3.63) is 23.9 Å². The highest BCUT2D eigenvalue weighted by molar-refractivity contribution is 5.33. The number of hydrazine groups is 1. The van der Waals surface area contributed by atoms with Crippen LogP contribution in [0.1, 0.15) is 12.1 Å². The van der Waals surface area contributed by atoms with Gasteiger partial charge in [-0.1, -0.05) is 6.07 Å². The van der Waals surface area contributed by atoms with Crippen LogP contribution in [0.2, 0.25) is 0 Å². The standard InChI is InChI=1S/C12H19N5O/c1-18-9-8-17(7-3-6-13)10-11-4-2-5-12(15-11)16-14/h2,4-5H,3,7-10,14H2,1H3,(H,15,16). The number of ether oxygens (including phenoxy) is 1. The van der Waals surface area contributed by atoms with Crippen molar-refractivity contribution in [3.8, 4) is 6.07 Å². The molecule has 0 amide bonds. The summed E-state index contributed by atoms with van der Waals surface area (Å²) < 4.78 is 5.06. The molecule has 0 bridgehead atoms. The van der Waals surface area contributed by atoms with Gasteiger partial charge in [-0.3, -0.25) is 4.90 Å². The second kappa shape index (κ2) is 8.42. The van der Waals surface area contributed by atoms with Gasteiger partial charge in [0.25, 0.3) is 0 Å². The molecule has 0 saturated heterocycles. The summed E-state index contributed by atoms with van der Waals surface area (Å²) in [6.07, 6.45) is 0.499. The summed E-state index contributed by atoms with van der Waals surface area (Å²) in [6, 6.07) is 7.79. The first-order valence-electron chi connectivity index (χ1n) is 5.81. The average molecular weight is 249 g/mol. The minimum absolute atomic E-state index is 0.499. The number of nitrogens with two attached hydrogens (primary N) is 1. The summed E-state index contributed by atoms with van der Waals surface area (Å²) in [5.74, 6) is 5.96. The van der Waals surface area contributed by atoms with E-state index in [9.17, 15) is 0 Å². The molecule has 0 saturated carbocycles. The first kappa shape index (κ1) is 14.4. The van der Waals surface area contributed by atoms with Crippen LogP contribution in [0, 0.1) is 11.3 Å². The molecule has 0 spiro atoms. The van der Waals surface area contributed by atoms with Crippen molar-refractivity contribution in [1.82, 2.24) is 9.88 Å². The van der Waals surface area contributed by atoms with Crippen LogP contribution < -0.4 is 11.3 Å². The molecule has 98 valence electrons. The molecule has 0 aliphatic heterocycles. The van der Waals surface area contributed by atoms with Crippen LogP contribution >= 0.6 is 0 Å². The van der Waals surface area contributed by atoms with E-state index < -0.39 is 0 Å². The van der Waals surface area contributed by atoms with Crippen LogP contribution in [0.4, 0.5) is 5.82 Å². The molecule has 3 N–H and O–H groups in total. The number of methoxy groups -OCH3 is 1. The van der Waals surface area contributed by atoms with Gasteiger partial charge in [0.15, 0.2) is 0 Å². The minimum Gasteiger partial charge on any atom is -0.383 e. The van der Waals surface area contributed by atoms with E-state index in [4.69, 9.17) is 15.8 Å². The molecule has 1 aromatic heterocycles. The van der Waals surface area contributed by atoms with E-state index in [0.29, 0.717) is 31.9 Å². The van der Waals surface area contributed by atoms with Gasteiger partial charge in [0.2, 0.25) is 0 Å². The summed E-state index contributed by atoms with van der Waals surface area (Å²) in [5.41, 5.74) is 3.44. The molecule has 6 nitrogen and oxygen atoms in total. The number of hydrogen-bond acceptors (Lipinski definition) is 6. The van der Waals surface area contributed by atoms with E-state index in [1.54, 1.807) is 13.2 Å². The Kier molecular flexibility index (Phi) is 6.72. The van der Waals surface area contributed by atoms with Crippen molar-refractivity contribution < 1.29 is 4.74 Å². The maximum absolute atomic E-state index is 8.64. The normalized spacial score (nSPS) is 10.3. The van der Waals surface area contributed by atoms with Crippen molar-refractivity contribution >= 4 is 5.82 Å². The van der Waals surface area contributed by atoms with Gasteiger partial charge in [-0.05, 0) is 12.1 Å². The SMILES string of the molecule is COCCN(CCC#N)Cc1cccc(NN)n1. The third-order valence-corrected chi connectivity index (χ3v) is 2.49. The van der Waals surface area contributed by atoms with Gasteiger partial charge in [-0.2, -0.15) is 5.26 Å². The van der Waals surface area contributed by atoms with Gasteiger partial charge in [0, 0.05) is 33.2 Å². The number of nitrogen functional groups attached to an aromatic ring is 1. The van der Waals surface area contributed by atoms with Crippen molar-refractivity contribution in [1.29, 1.82) is 5.26 Å². The molecule has 0 radical (unpaired) electrons. The predicted molar refractivity (Wildman–Crippen MR) is 69.4 cm³/mol. The third-order valence-electron chi connectivity index (χ3n) is 2.49. The Morgan fingerprint density at radius 3 is 3.00 bits per heavy atom. The van der Waals surface area contributed by atoms with Gasteiger partial charge in [0.05, 0.1) is 18.4 Å². The number of pyridine rings is 1. The van der Waals surface area contributed by atoms with E-state index >= 15 is 0 Å². The molecule has 0 aliphatic carbocycles. The molecule has 1 rings (SSSR count). The van der Waals surface area contributed by atoms with Gasteiger partial charge in [-0.25, -0.2) is 10.8 Å². The maximum Gasteiger partial charge on any atom is 0.140 e. The monoisotopic (exact) mass is 249 g/mol. The zero-order valence-electron chi connectivity index (χ0n) is 10.6. The van der Waals surface area contributed by atoms with Crippen molar-refractivity contribution in [3.63, 3.8) is 0 Å². The van der Waals surface area contributed by atoms with Crippen LogP contribution in [0.5, 0.6) is 0 Å². The van der Waals surface area contributed by atoms with Gasteiger partial charge in [-0.15, -0.1) is 0 Å². The Labute approximate surface area is 107 Å². The highest BCUT2D eigenvalue weighted by atomic mass is 16.5. The van der Waals surface area contributed by atoms with Crippen molar-refractivity contribution in [2.24, 2.45) is 5.84 Å². The molecule has 0 fully saturated rings. The molecule has 1 aromatic rings. The predicted octanol–water partition coefficient (Wildman–Crippen LogP) is 0.729. The zero-order chi connectivity index (χ0) is 13.2. The van der Waals surface area contributed by atoms with Gasteiger partial charge in [0.1, 0.15) is 5.82 Å². The highest BCUT2D eigenvalue weighted by Gasteiger charge is 2.07. The average Bonchev–Trinajstić information content (AvgIpc) is 2.42. The fourth-order valence-corrected chi connectivity index (χ4v) is 1.58. The fraction of sp³-hybridized carbons (Fsp3) is 0.500. The topological polar surface area (TPSA) is 87.2 Å². The fourth-order valence-electron chi connectivity index (χ4n) is 1.58. The lowest BCUT2D eigenvalue weighted by molar-refractivity contribution is 0.144. The zero-order valence-corrected chi connectivity index (χ0v) is 10.6. The van der Waals surface area contributed by atoms with Crippen LogP contribution in [0.15, 0.2) is 18.2 Å². The molecular formula is C12H19N5O. The number of hydrogen-bond donors (Lipinski definition) is 2. The van der Waals surface area contributed by atoms with E-state index in [0.717, 1.165) is 12.2 Å². The number of nitriles is 1. The maximum atomic E-state index is 8.64. The molecule has 1 heterocycles. The second-order valence-electron chi connectivity index (χ2n) is 3.84. The van der Waals surface area contributed by atoms with Crippen LogP contribution in [0.3, 0.4) is 0 Å². The minimum atomic E-state index is 0.499. The summed E-state index contributed by atoms with van der Waals surface area (Å²) in [7, 11) is 1.67. The largest absolute Gasteiger partial charge is 0.383 e. The Balaban J connectivity index is 2.59. The van der Waals surface area contributed by atoms with Crippen LogP contribution in [-0.4, -0.2) is 36.7 Å². The number of nitrogens with zero attached hydrogens (tertiary/aromatic N) is 3. The molecule has 0 aromatic carbocycles. The molecule has 0 unspecified atom stereocenters. The van der Waals surface area contributed by atoms with E-state index in [1.165, 1.54) is 0 Å². The van der Waals surface area contributed by atoms with E-state index in [1.807, 2.05) is 12.1 Å². The smallest absolute Gasteiger partial charge is 0.140 e. The Bertz CT molecular complexity index is 390. The van der Waals surface area contributed by atoms with Crippen LogP contribution in [0.25, 0.3) is 0 Å². The first-order chi connectivity index (χ1) is 8.80. The quantitative estimate of drug-likeness (QED) is 0.521. The molecule has 0 aliphatic rings. The van der Waals surface area contributed by atoms with Crippen molar-refractivity contribution in [2.75, 3.05) is 32.2 Å². The summed E-state index contributed by atoms with van der Waals surface area (Å²) >= 11 is 0. The lowest BCUT2D eigenvalue weighted by atomic mass is 10.3. The molecular weight excluding hydrogens is 230 g/mol. The number of rotatable bonds is 8. The Morgan fingerprint density at radius 2 is 2.33 bits per heavy atom. The number of aromatic nitrogens is 1. The summed E-state index contributed by atoms with van der Waals surface area (Å²) in [6.45, 7) is 2.81.